The molecule has 0 aliphatic carbocycles. The highest BCUT2D eigenvalue weighted by atomic mass is 16.5. The van der Waals surface area contributed by atoms with Crippen LogP contribution in [0.2, 0.25) is 0 Å². The highest BCUT2D eigenvalue weighted by molar-refractivity contribution is 5.96. The largest absolute Gasteiger partial charge is 0.467 e. The summed E-state index contributed by atoms with van der Waals surface area (Å²) in [5, 5.41) is 2.66. The maximum absolute atomic E-state index is 12.0. The van der Waals surface area contributed by atoms with Crippen molar-refractivity contribution < 1.29 is 19.3 Å². The Kier molecular flexibility index (Phi) is 6.73. The average Bonchev–Trinajstić information content (AvgIpc) is 2.50. The van der Waals surface area contributed by atoms with Gasteiger partial charge < -0.3 is 10.1 Å². The number of hydrogen-bond donors (Lipinski definition) is 4. The predicted octanol–water partition coefficient (Wildman–Crippen LogP) is -1.91. The molecule has 1 aromatic rings. The summed E-state index contributed by atoms with van der Waals surface area (Å²) in [5.41, 5.74) is 11.0. The normalized spacial score (nSPS) is 11.3. The molecule has 21 heavy (non-hydrogen) atoms. The third kappa shape index (κ3) is 5.94. The van der Waals surface area contributed by atoms with Crippen LogP contribution < -0.4 is 21.8 Å². The van der Waals surface area contributed by atoms with Crippen molar-refractivity contribution in [2.24, 2.45) is 11.5 Å². The van der Waals surface area contributed by atoms with Crippen molar-refractivity contribution in [2.75, 3.05) is 13.7 Å². The van der Waals surface area contributed by atoms with Gasteiger partial charge in [0.05, 0.1) is 13.7 Å². The molecule has 0 bridgehead atoms. The van der Waals surface area contributed by atoms with Gasteiger partial charge in [0.2, 0.25) is 0 Å². The first-order chi connectivity index (χ1) is 10.0. The Morgan fingerprint density at radius 2 is 1.95 bits per heavy atom. The number of esters is 1. The van der Waals surface area contributed by atoms with E-state index in [4.69, 9.17) is 16.2 Å². The molecule has 0 spiro atoms. The van der Waals surface area contributed by atoms with Crippen LogP contribution in [0, 0.1) is 0 Å². The first-order valence-corrected chi connectivity index (χ1v) is 6.60. The smallest absolute Gasteiger partial charge is 0.338 e. The summed E-state index contributed by atoms with van der Waals surface area (Å²) >= 11 is 0. The fraction of sp³-hybridized carbons (Fsp3) is 0.357. The zero-order valence-corrected chi connectivity index (χ0v) is 12.0. The van der Waals surface area contributed by atoms with Crippen molar-refractivity contribution in [2.45, 2.75) is 18.9 Å². The van der Waals surface area contributed by atoms with E-state index in [1.54, 1.807) is 24.3 Å². The Hall–Kier alpha value is -2.57. The van der Waals surface area contributed by atoms with Gasteiger partial charge in [-0.15, -0.1) is 0 Å². The minimum atomic E-state index is -0.705. The van der Waals surface area contributed by atoms with Crippen molar-refractivity contribution >= 4 is 17.8 Å². The zero-order valence-electron chi connectivity index (χ0n) is 12.0. The number of methoxy groups -OCH3 is 1. The van der Waals surface area contributed by atoms with Gasteiger partial charge in [0.15, 0.2) is 0 Å². The molecule has 0 saturated carbocycles. The molecule has 0 aliphatic heterocycles. The maximum Gasteiger partial charge on any atom is 0.338 e. The van der Waals surface area contributed by atoms with Crippen LogP contribution in [0.5, 0.6) is 0 Å². The Labute approximate surface area is 123 Å². The van der Waals surface area contributed by atoms with Gasteiger partial charge in [-0.2, -0.15) is 0 Å². The van der Waals surface area contributed by atoms with Crippen LogP contribution in [0.25, 0.3) is 0 Å². The summed E-state index contributed by atoms with van der Waals surface area (Å²) in [6.45, 7) is 0.511. The summed E-state index contributed by atoms with van der Waals surface area (Å²) in [5.74, 6) is -0.675. The van der Waals surface area contributed by atoms with Gasteiger partial charge in [0.25, 0.3) is 5.91 Å². The Morgan fingerprint density at radius 3 is 2.52 bits per heavy atom. The number of guanidine groups is 1. The van der Waals surface area contributed by atoms with E-state index in [0.29, 0.717) is 24.9 Å². The predicted molar refractivity (Wildman–Crippen MR) is 78.2 cm³/mol. The Balaban J connectivity index is 2.60. The van der Waals surface area contributed by atoms with Crippen LogP contribution in [0.15, 0.2) is 30.3 Å². The molecular weight excluding hydrogens is 272 g/mol. The lowest BCUT2D eigenvalue weighted by molar-refractivity contribution is -0.459. The summed E-state index contributed by atoms with van der Waals surface area (Å²) in [6.07, 6.45) is 1.03. The molecule has 114 valence electrons. The molecule has 0 aliphatic rings. The van der Waals surface area contributed by atoms with E-state index in [1.807, 2.05) is 6.07 Å². The summed E-state index contributed by atoms with van der Waals surface area (Å²) in [4.78, 5) is 26.5. The van der Waals surface area contributed by atoms with Gasteiger partial charge in [-0.1, -0.05) is 18.2 Å². The second kappa shape index (κ2) is 8.57. The molecule has 1 unspecified atom stereocenters. The number of benzene rings is 1. The lowest BCUT2D eigenvalue weighted by Crippen LogP contribution is -2.78. The quantitative estimate of drug-likeness (QED) is 0.202. The fourth-order valence-corrected chi connectivity index (χ4v) is 1.76. The minimum Gasteiger partial charge on any atom is -0.467 e. The fourth-order valence-electron chi connectivity index (χ4n) is 1.76. The first-order valence-electron chi connectivity index (χ1n) is 6.60. The molecule has 0 aromatic heterocycles. The van der Waals surface area contributed by atoms with Gasteiger partial charge in [0.1, 0.15) is 6.04 Å². The first kappa shape index (κ1) is 16.5. The van der Waals surface area contributed by atoms with E-state index in [9.17, 15) is 9.59 Å². The van der Waals surface area contributed by atoms with E-state index in [2.05, 4.69) is 10.3 Å². The van der Waals surface area contributed by atoms with Gasteiger partial charge >= 0.3 is 11.9 Å². The third-order valence-corrected chi connectivity index (χ3v) is 2.83. The summed E-state index contributed by atoms with van der Waals surface area (Å²) in [7, 11) is 1.29. The molecule has 7 heteroatoms. The molecule has 0 fully saturated rings. The van der Waals surface area contributed by atoms with Gasteiger partial charge in [-0.05, 0) is 25.0 Å². The number of nitrogens with two attached hydrogens (primary N) is 2. The summed E-state index contributed by atoms with van der Waals surface area (Å²) in [6, 6.07) is 7.97. The molecule has 6 N–H and O–H groups in total. The van der Waals surface area contributed by atoms with Crippen molar-refractivity contribution in [3.63, 3.8) is 0 Å². The number of hydrogen-bond acceptors (Lipinski definition) is 3. The molecular formula is C14H21N4O3+. The van der Waals surface area contributed by atoms with Crippen LogP contribution in [0.4, 0.5) is 0 Å². The van der Waals surface area contributed by atoms with Crippen molar-refractivity contribution in [3.8, 4) is 0 Å². The van der Waals surface area contributed by atoms with Crippen molar-refractivity contribution in [1.82, 2.24) is 5.32 Å². The summed E-state index contributed by atoms with van der Waals surface area (Å²) < 4.78 is 4.70. The molecule has 0 radical (unpaired) electrons. The number of nitrogens with one attached hydrogen (secondary N) is 2. The average molecular weight is 293 g/mol. The molecule has 1 aromatic carbocycles. The van der Waals surface area contributed by atoms with Crippen LogP contribution in [0.3, 0.4) is 0 Å². The van der Waals surface area contributed by atoms with Gasteiger partial charge in [-0.3, -0.25) is 21.3 Å². The highest BCUT2D eigenvalue weighted by Gasteiger charge is 2.21. The second-order valence-electron chi connectivity index (χ2n) is 4.44. The molecule has 1 amide bonds. The van der Waals surface area contributed by atoms with Crippen LogP contribution >= 0.6 is 0 Å². The van der Waals surface area contributed by atoms with E-state index in [-0.39, 0.29) is 11.9 Å². The lowest BCUT2D eigenvalue weighted by Gasteiger charge is -2.16. The molecule has 7 nitrogen and oxygen atoms in total. The maximum atomic E-state index is 12.0. The van der Waals surface area contributed by atoms with E-state index in [1.165, 1.54) is 7.11 Å². The van der Waals surface area contributed by atoms with Crippen molar-refractivity contribution in [1.29, 1.82) is 0 Å². The Bertz CT molecular complexity index is 498. The number of carbonyl (C=O) groups excluding carboxylic acids is 2. The number of carbonyl (C=O) groups is 2. The van der Waals surface area contributed by atoms with Gasteiger partial charge in [0, 0.05) is 5.56 Å². The number of rotatable bonds is 7. The molecule has 1 rings (SSSR count). The second-order valence-corrected chi connectivity index (χ2v) is 4.44. The number of ether oxygens (including phenoxy) is 1. The zero-order chi connectivity index (χ0) is 15.7. The van der Waals surface area contributed by atoms with Crippen LogP contribution in [-0.4, -0.2) is 37.5 Å². The van der Waals surface area contributed by atoms with E-state index >= 15 is 0 Å². The minimum absolute atomic E-state index is 0.123. The molecule has 0 heterocycles. The van der Waals surface area contributed by atoms with Crippen LogP contribution in [0.1, 0.15) is 23.2 Å². The van der Waals surface area contributed by atoms with Crippen LogP contribution in [-0.2, 0) is 9.53 Å². The SMILES string of the molecule is COC(=O)C(CCC[NH+]=C(N)N)NC(=O)c1ccccc1. The lowest BCUT2D eigenvalue weighted by atomic mass is 10.1. The van der Waals surface area contributed by atoms with Gasteiger partial charge in [-0.25, -0.2) is 4.79 Å². The van der Waals surface area contributed by atoms with E-state index < -0.39 is 12.0 Å². The van der Waals surface area contributed by atoms with E-state index in [0.717, 1.165) is 0 Å². The Morgan fingerprint density at radius 1 is 1.29 bits per heavy atom. The molecule has 1 atom stereocenters. The highest BCUT2D eigenvalue weighted by Crippen LogP contribution is 2.03. The van der Waals surface area contributed by atoms with Crippen molar-refractivity contribution in [3.05, 3.63) is 35.9 Å². The topological polar surface area (TPSA) is 121 Å². The monoisotopic (exact) mass is 293 g/mol. The molecule has 0 saturated heterocycles. The standard InChI is InChI=1S/C14H20N4O3/c1-21-13(20)11(8-5-9-17-14(15)16)18-12(19)10-6-3-2-4-7-10/h2-4,6-7,11H,5,8-9H2,1H3,(H,18,19)(H4,15,16,17)/p+1. The number of amides is 1. The third-order valence-electron chi connectivity index (χ3n) is 2.83.